The molecule has 0 aliphatic heterocycles. The van der Waals surface area contributed by atoms with Gasteiger partial charge in [0.05, 0.1) is 0 Å². The minimum absolute atomic E-state index is 0.00745. The number of carbonyl (C=O) groups is 2. The summed E-state index contributed by atoms with van der Waals surface area (Å²) in [6.45, 7) is 3.55. The number of primary amides is 1. The number of Topliss-reactive ketones (excluding diaryl/α,β-unsaturated/α-hetero) is 1. The number of rotatable bonds is 7. The van der Waals surface area contributed by atoms with E-state index in [0.717, 1.165) is 25.7 Å². The van der Waals surface area contributed by atoms with Gasteiger partial charge in [0, 0.05) is 12.3 Å². The first-order valence-electron chi connectivity index (χ1n) is 4.86. The van der Waals surface area contributed by atoms with Crippen molar-refractivity contribution in [3.8, 4) is 0 Å². The summed E-state index contributed by atoms with van der Waals surface area (Å²) in [4.78, 5) is 21.4. The molecule has 2 N–H and O–H groups in total. The largest absolute Gasteiger partial charge is 0.369 e. The average molecular weight is 185 g/mol. The second-order valence-electron chi connectivity index (χ2n) is 3.46. The van der Waals surface area contributed by atoms with Crippen LogP contribution in [0.3, 0.4) is 0 Å². The summed E-state index contributed by atoms with van der Waals surface area (Å²) >= 11 is 0. The first kappa shape index (κ1) is 12.1. The van der Waals surface area contributed by atoms with Gasteiger partial charge in [-0.25, -0.2) is 0 Å². The SMILES string of the molecule is CC[C@H](CCCCC(C)=O)C(N)=O. The predicted molar refractivity (Wildman–Crippen MR) is 52.1 cm³/mol. The van der Waals surface area contributed by atoms with Gasteiger partial charge < -0.3 is 10.5 Å². The van der Waals surface area contributed by atoms with Gasteiger partial charge in [-0.05, 0) is 26.2 Å². The molecule has 0 rings (SSSR count). The lowest BCUT2D eigenvalue weighted by atomic mass is 9.98. The van der Waals surface area contributed by atoms with Crippen LogP contribution in [0.15, 0.2) is 0 Å². The van der Waals surface area contributed by atoms with Crippen LogP contribution >= 0.6 is 0 Å². The third-order valence-electron chi connectivity index (χ3n) is 2.23. The molecule has 0 unspecified atom stereocenters. The zero-order valence-electron chi connectivity index (χ0n) is 8.51. The molecule has 0 aromatic carbocycles. The summed E-state index contributed by atoms with van der Waals surface area (Å²) in [5.41, 5.74) is 5.18. The van der Waals surface area contributed by atoms with E-state index < -0.39 is 0 Å². The molecule has 1 amide bonds. The van der Waals surface area contributed by atoms with Crippen molar-refractivity contribution in [3.63, 3.8) is 0 Å². The lowest BCUT2D eigenvalue weighted by Gasteiger charge is -2.09. The van der Waals surface area contributed by atoms with E-state index in [9.17, 15) is 9.59 Å². The van der Waals surface area contributed by atoms with E-state index in [1.807, 2.05) is 6.92 Å². The number of carbonyl (C=O) groups excluding carboxylic acids is 2. The Morgan fingerprint density at radius 1 is 1.31 bits per heavy atom. The molecule has 0 fully saturated rings. The van der Waals surface area contributed by atoms with E-state index in [0.29, 0.717) is 6.42 Å². The molecular formula is C10H19NO2. The summed E-state index contributed by atoms with van der Waals surface area (Å²) in [6, 6.07) is 0. The fraction of sp³-hybridized carbons (Fsp3) is 0.800. The van der Waals surface area contributed by atoms with Gasteiger partial charge in [0.2, 0.25) is 5.91 Å². The zero-order chi connectivity index (χ0) is 10.3. The van der Waals surface area contributed by atoms with Crippen molar-refractivity contribution in [3.05, 3.63) is 0 Å². The van der Waals surface area contributed by atoms with Gasteiger partial charge in [0.25, 0.3) is 0 Å². The van der Waals surface area contributed by atoms with Crippen LogP contribution in [0.5, 0.6) is 0 Å². The van der Waals surface area contributed by atoms with Crippen LogP contribution < -0.4 is 5.73 Å². The molecule has 0 aromatic heterocycles. The lowest BCUT2D eigenvalue weighted by molar-refractivity contribution is -0.122. The molecule has 76 valence electrons. The Bertz CT molecular complexity index is 178. The molecule has 1 atom stereocenters. The fourth-order valence-electron chi connectivity index (χ4n) is 1.31. The maximum absolute atomic E-state index is 10.8. The second-order valence-corrected chi connectivity index (χ2v) is 3.46. The van der Waals surface area contributed by atoms with Gasteiger partial charge >= 0.3 is 0 Å². The number of unbranched alkanes of at least 4 members (excludes halogenated alkanes) is 1. The van der Waals surface area contributed by atoms with E-state index in [-0.39, 0.29) is 17.6 Å². The molecule has 0 saturated carbocycles. The number of hydrogen-bond acceptors (Lipinski definition) is 2. The molecule has 13 heavy (non-hydrogen) atoms. The van der Waals surface area contributed by atoms with Gasteiger partial charge in [-0.15, -0.1) is 0 Å². The molecule has 0 spiro atoms. The van der Waals surface area contributed by atoms with E-state index in [2.05, 4.69) is 0 Å². The highest BCUT2D eigenvalue weighted by Crippen LogP contribution is 2.12. The molecular weight excluding hydrogens is 166 g/mol. The van der Waals surface area contributed by atoms with Crippen molar-refractivity contribution in [2.45, 2.75) is 46.0 Å². The topological polar surface area (TPSA) is 60.2 Å². The molecule has 0 saturated heterocycles. The van der Waals surface area contributed by atoms with Crippen molar-refractivity contribution in [2.75, 3.05) is 0 Å². The smallest absolute Gasteiger partial charge is 0.220 e. The minimum atomic E-state index is -0.217. The quantitative estimate of drug-likeness (QED) is 0.613. The molecule has 0 aromatic rings. The second kappa shape index (κ2) is 6.63. The van der Waals surface area contributed by atoms with Gasteiger partial charge in [-0.3, -0.25) is 4.79 Å². The maximum atomic E-state index is 10.8. The Morgan fingerprint density at radius 3 is 2.31 bits per heavy atom. The zero-order valence-corrected chi connectivity index (χ0v) is 8.51. The third-order valence-corrected chi connectivity index (χ3v) is 2.23. The van der Waals surface area contributed by atoms with Crippen molar-refractivity contribution in [1.82, 2.24) is 0 Å². The highest BCUT2D eigenvalue weighted by Gasteiger charge is 2.11. The Morgan fingerprint density at radius 2 is 1.92 bits per heavy atom. The predicted octanol–water partition coefficient (Wildman–Crippen LogP) is 1.65. The van der Waals surface area contributed by atoms with Gasteiger partial charge in [-0.1, -0.05) is 13.3 Å². The number of hydrogen-bond donors (Lipinski definition) is 1. The third kappa shape index (κ3) is 6.31. The maximum Gasteiger partial charge on any atom is 0.220 e. The lowest BCUT2D eigenvalue weighted by Crippen LogP contribution is -2.22. The first-order chi connectivity index (χ1) is 6.07. The summed E-state index contributed by atoms with van der Waals surface area (Å²) in [5, 5.41) is 0. The summed E-state index contributed by atoms with van der Waals surface area (Å²) in [5.74, 6) is -0.00981. The van der Waals surface area contributed by atoms with Crippen LogP contribution in [0.2, 0.25) is 0 Å². The van der Waals surface area contributed by atoms with Crippen LogP contribution in [0.1, 0.15) is 46.0 Å². The highest BCUT2D eigenvalue weighted by molar-refractivity contribution is 5.76. The van der Waals surface area contributed by atoms with Crippen molar-refractivity contribution in [2.24, 2.45) is 11.7 Å². The minimum Gasteiger partial charge on any atom is -0.369 e. The Labute approximate surface area is 79.7 Å². The molecule has 0 bridgehead atoms. The average Bonchev–Trinajstić information content (AvgIpc) is 2.03. The van der Waals surface area contributed by atoms with Crippen LogP contribution in [-0.4, -0.2) is 11.7 Å². The molecule has 0 radical (unpaired) electrons. The fourth-order valence-corrected chi connectivity index (χ4v) is 1.31. The van der Waals surface area contributed by atoms with E-state index in [4.69, 9.17) is 5.73 Å². The van der Waals surface area contributed by atoms with Crippen LogP contribution in [-0.2, 0) is 9.59 Å². The standard InChI is InChI=1S/C10H19NO2/c1-3-9(10(11)13)7-5-4-6-8(2)12/h9H,3-7H2,1-2H3,(H2,11,13)/t9-/m1/s1. The Balaban J connectivity index is 3.50. The number of amides is 1. The Kier molecular flexibility index (Phi) is 6.20. The monoisotopic (exact) mass is 185 g/mol. The van der Waals surface area contributed by atoms with E-state index >= 15 is 0 Å². The molecule has 3 nitrogen and oxygen atoms in total. The van der Waals surface area contributed by atoms with Crippen molar-refractivity contribution in [1.29, 1.82) is 0 Å². The van der Waals surface area contributed by atoms with Crippen molar-refractivity contribution >= 4 is 11.7 Å². The summed E-state index contributed by atoms with van der Waals surface area (Å²) in [6.07, 6.45) is 4.03. The normalized spacial score (nSPS) is 12.5. The molecule has 0 aliphatic carbocycles. The van der Waals surface area contributed by atoms with Crippen LogP contribution in [0.4, 0.5) is 0 Å². The number of nitrogens with two attached hydrogens (primary N) is 1. The summed E-state index contributed by atoms with van der Waals surface area (Å²) < 4.78 is 0. The number of ketones is 1. The first-order valence-corrected chi connectivity index (χ1v) is 4.86. The summed E-state index contributed by atoms with van der Waals surface area (Å²) in [7, 11) is 0. The van der Waals surface area contributed by atoms with Gasteiger partial charge in [0.1, 0.15) is 5.78 Å². The highest BCUT2D eigenvalue weighted by atomic mass is 16.1. The Hall–Kier alpha value is -0.860. The van der Waals surface area contributed by atoms with Crippen LogP contribution in [0, 0.1) is 5.92 Å². The van der Waals surface area contributed by atoms with Gasteiger partial charge in [-0.2, -0.15) is 0 Å². The molecule has 0 heterocycles. The molecule has 0 aliphatic rings. The van der Waals surface area contributed by atoms with E-state index in [1.165, 1.54) is 0 Å². The van der Waals surface area contributed by atoms with Gasteiger partial charge in [0.15, 0.2) is 0 Å². The van der Waals surface area contributed by atoms with Crippen molar-refractivity contribution < 1.29 is 9.59 Å². The molecule has 3 heteroatoms. The van der Waals surface area contributed by atoms with Crippen LogP contribution in [0.25, 0.3) is 0 Å². The van der Waals surface area contributed by atoms with E-state index in [1.54, 1.807) is 6.92 Å².